The van der Waals surface area contributed by atoms with Gasteiger partial charge in [-0.3, -0.25) is 4.79 Å². The molecular formula is C10H8F3N3O2. The minimum absolute atomic E-state index is 0.152. The number of nitrogens with one attached hydrogen (secondary N) is 1. The molecule has 8 heteroatoms. The molecule has 0 aliphatic carbocycles. The number of rotatable bonds is 1. The summed E-state index contributed by atoms with van der Waals surface area (Å²) in [5, 5.41) is 8.89. The SMILES string of the molecule is Cc1nc2cc(C(F)(F)F)c(CO)nc2c(=O)[nH]1. The third-order valence-corrected chi connectivity index (χ3v) is 2.33. The Labute approximate surface area is 98.3 Å². The Bertz CT molecular complexity index is 664. The van der Waals surface area contributed by atoms with E-state index >= 15 is 0 Å². The Hall–Kier alpha value is -1.96. The molecule has 0 atom stereocenters. The Balaban J connectivity index is 2.86. The lowest BCUT2D eigenvalue weighted by atomic mass is 10.1. The number of hydrogen-bond donors (Lipinski definition) is 2. The van der Waals surface area contributed by atoms with Gasteiger partial charge in [0.2, 0.25) is 0 Å². The monoisotopic (exact) mass is 259 g/mol. The molecule has 0 radical (unpaired) electrons. The number of fused-ring (bicyclic) bond motifs is 1. The zero-order valence-electron chi connectivity index (χ0n) is 9.17. The molecule has 2 heterocycles. The van der Waals surface area contributed by atoms with Crippen LogP contribution in [0.1, 0.15) is 17.1 Å². The van der Waals surface area contributed by atoms with E-state index in [1.54, 1.807) is 0 Å². The van der Waals surface area contributed by atoms with E-state index in [9.17, 15) is 18.0 Å². The number of aromatic amines is 1. The zero-order chi connectivity index (χ0) is 13.5. The van der Waals surface area contributed by atoms with Gasteiger partial charge in [0, 0.05) is 0 Å². The van der Waals surface area contributed by atoms with Crippen molar-refractivity contribution in [2.24, 2.45) is 0 Å². The van der Waals surface area contributed by atoms with Crippen molar-refractivity contribution in [2.75, 3.05) is 0 Å². The van der Waals surface area contributed by atoms with Crippen LogP contribution < -0.4 is 5.56 Å². The first-order chi connectivity index (χ1) is 8.32. The van der Waals surface area contributed by atoms with Gasteiger partial charge in [-0.2, -0.15) is 13.2 Å². The molecule has 2 rings (SSSR count). The summed E-state index contributed by atoms with van der Waals surface area (Å²) in [5.74, 6) is 0.194. The lowest BCUT2D eigenvalue weighted by molar-refractivity contribution is -0.138. The van der Waals surface area contributed by atoms with Crippen LogP contribution in [0.2, 0.25) is 0 Å². The molecule has 0 saturated carbocycles. The molecule has 0 aliphatic heterocycles. The summed E-state index contributed by atoms with van der Waals surface area (Å²) in [6, 6.07) is 0.718. The molecule has 0 spiro atoms. The molecular weight excluding hydrogens is 251 g/mol. The zero-order valence-corrected chi connectivity index (χ0v) is 9.17. The maximum atomic E-state index is 12.7. The highest BCUT2D eigenvalue weighted by molar-refractivity contribution is 5.74. The summed E-state index contributed by atoms with van der Waals surface area (Å²) < 4.78 is 38.1. The first-order valence-electron chi connectivity index (χ1n) is 4.91. The van der Waals surface area contributed by atoms with Crippen LogP contribution >= 0.6 is 0 Å². The van der Waals surface area contributed by atoms with Crippen LogP contribution in [0.15, 0.2) is 10.9 Å². The van der Waals surface area contributed by atoms with Crippen molar-refractivity contribution in [2.45, 2.75) is 19.7 Å². The molecule has 2 aromatic heterocycles. The predicted octanol–water partition coefficient (Wildman–Crippen LogP) is 1.14. The number of aliphatic hydroxyl groups is 1. The van der Waals surface area contributed by atoms with Crippen LogP contribution in [-0.2, 0) is 12.8 Å². The van der Waals surface area contributed by atoms with Gasteiger partial charge in [0.25, 0.3) is 5.56 Å². The molecule has 0 fully saturated rings. The number of aryl methyl sites for hydroxylation is 1. The fraction of sp³-hybridized carbons (Fsp3) is 0.300. The molecule has 0 saturated heterocycles. The van der Waals surface area contributed by atoms with Gasteiger partial charge >= 0.3 is 6.18 Å². The minimum Gasteiger partial charge on any atom is -0.390 e. The largest absolute Gasteiger partial charge is 0.418 e. The molecule has 18 heavy (non-hydrogen) atoms. The van der Waals surface area contributed by atoms with E-state index in [0.29, 0.717) is 0 Å². The summed E-state index contributed by atoms with van der Waals surface area (Å²) in [6.07, 6.45) is -4.66. The summed E-state index contributed by atoms with van der Waals surface area (Å²) in [7, 11) is 0. The molecule has 2 N–H and O–H groups in total. The number of aliphatic hydroxyl groups excluding tert-OH is 1. The van der Waals surface area contributed by atoms with Gasteiger partial charge in [-0.25, -0.2) is 9.97 Å². The lowest BCUT2D eigenvalue weighted by Crippen LogP contribution is -2.16. The number of H-pyrrole nitrogens is 1. The second kappa shape index (κ2) is 4.05. The Kier molecular flexibility index (Phi) is 2.81. The maximum absolute atomic E-state index is 12.7. The highest BCUT2D eigenvalue weighted by Gasteiger charge is 2.34. The van der Waals surface area contributed by atoms with Gasteiger partial charge < -0.3 is 10.1 Å². The fourth-order valence-corrected chi connectivity index (χ4v) is 1.59. The second-order valence-electron chi connectivity index (χ2n) is 3.66. The molecule has 0 amide bonds. The molecule has 0 aliphatic rings. The van der Waals surface area contributed by atoms with Crippen molar-refractivity contribution < 1.29 is 18.3 Å². The van der Waals surface area contributed by atoms with Crippen molar-refractivity contribution in [3.8, 4) is 0 Å². The van der Waals surface area contributed by atoms with Crippen LogP contribution in [0, 0.1) is 6.92 Å². The van der Waals surface area contributed by atoms with Gasteiger partial charge in [-0.15, -0.1) is 0 Å². The molecule has 5 nitrogen and oxygen atoms in total. The summed E-state index contributed by atoms with van der Waals surface area (Å²) in [5.41, 5.74) is -2.69. The van der Waals surface area contributed by atoms with E-state index in [1.807, 2.05) is 0 Å². The summed E-state index contributed by atoms with van der Waals surface area (Å²) in [4.78, 5) is 21.1. The van der Waals surface area contributed by atoms with Crippen LogP contribution in [0.3, 0.4) is 0 Å². The number of alkyl halides is 3. The summed E-state index contributed by atoms with van der Waals surface area (Å²) >= 11 is 0. The van der Waals surface area contributed by atoms with Crippen LogP contribution in [0.5, 0.6) is 0 Å². The van der Waals surface area contributed by atoms with Gasteiger partial charge in [0.15, 0.2) is 5.52 Å². The number of aromatic nitrogens is 3. The van der Waals surface area contributed by atoms with Crippen LogP contribution in [0.4, 0.5) is 13.2 Å². The number of halogens is 3. The maximum Gasteiger partial charge on any atom is 0.418 e. The predicted molar refractivity (Wildman–Crippen MR) is 55.8 cm³/mol. The smallest absolute Gasteiger partial charge is 0.390 e. The topological polar surface area (TPSA) is 78.9 Å². The first kappa shape index (κ1) is 12.5. The van der Waals surface area contributed by atoms with Gasteiger partial charge in [0.05, 0.1) is 23.4 Å². The van der Waals surface area contributed by atoms with Crippen molar-refractivity contribution in [1.82, 2.24) is 15.0 Å². The number of hydrogen-bond acceptors (Lipinski definition) is 4. The van der Waals surface area contributed by atoms with Crippen LogP contribution in [-0.4, -0.2) is 20.1 Å². The highest BCUT2D eigenvalue weighted by atomic mass is 19.4. The van der Waals surface area contributed by atoms with E-state index in [1.165, 1.54) is 6.92 Å². The quantitative estimate of drug-likeness (QED) is 0.804. The first-order valence-corrected chi connectivity index (χ1v) is 4.91. The molecule has 0 unspecified atom stereocenters. The average Bonchev–Trinajstić information content (AvgIpc) is 2.26. The third-order valence-electron chi connectivity index (χ3n) is 2.33. The standard InChI is InChI=1S/C10H8F3N3O2/c1-4-14-6-2-5(10(11,12)13)7(3-17)16-8(6)9(18)15-4/h2,17H,3H2,1H3,(H,14,15,18). The average molecular weight is 259 g/mol. The Morgan fingerprint density at radius 1 is 1.39 bits per heavy atom. The molecule has 2 aromatic rings. The minimum atomic E-state index is -4.66. The van der Waals surface area contributed by atoms with E-state index in [-0.39, 0.29) is 16.9 Å². The second-order valence-corrected chi connectivity index (χ2v) is 3.66. The van der Waals surface area contributed by atoms with Crippen molar-refractivity contribution in [1.29, 1.82) is 0 Å². The van der Waals surface area contributed by atoms with E-state index < -0.39 is 29.6 Å². The van der Waals surface area contributed by atoms with Crippen LogP contribution in [0.25, 0.3) is 11.0 Å². The van der Waals surface area contributed by atoms with Crippen molar-refractivity contribution in [3.63, 3.8) is 0 Å². The normalized spacial score (nSPS) is 12.1. The fourth-order valence-electron chi connectivity index (χ4n) is 1.59. The van der Waals surface area contributed by atoms with Gasteiger partial charge in [0.1, 0.15) is 5.82 Å². The summed E-state index contributed by atoms with van der Waals surface area (Å²) in [6.45, 7) is 0.548. The Morgan fingerprint density at radius 3 is 2.61 bits per heavy atom. The van der Waals surface area contributed by atoms with Gasteiger partial charge in [-0.05, 0) is 13.0 Å². The highest BCUT2D eigenvalue weighted by Crippen LogP contribution is 2.32. The number of nitrogens with zero attached hydrogens (tertiary/aromatic N) is 2. The number of pyridine rings is 1. The van der Waals surface area contributed by atoms with Gasteiger partial charge in [-0.1, -0.05) is 0 Å². The molecule has 0 bridgehead atoms. The Morgan fingerprint density at radius 2 is 2.06 bits per heavy atom. The molecule has 0 aromatic carbocycles. The lowest BCUT2D eigenvalue weighted by Gasteiger charge is -2.11. The third kappa shape index (κ3) is 2.06. The van der Waals surface area contributed by atoms with Crippen molar-refractivity contribution in [3.05, 3.63) is 33.5 Å². The van der Waals surface area contributed by atoms with E-state index in [4.69, 9.17) is 5.11 Å². The molecule has 96 valence electrons. The van der Waals surface area contributed by atoms with Crippen molar-refractivity contribution >= 4 is 11.0 Å². The van der Waals surface area contributed by atoms with E-state index in [2.05, 4.69) is 15.0 Å². The van der Waals surface area contributed by atoms with E-state index in [0.717, 1.165) is 6.07 Å².